The van der Waals surface area contributed by atoms with Crippen LogP contribution in [0.4, 0.5) is 5.13 Å². The number of benzene rings is 1. The van der Waals surface area contributed by atoms with Crippen molar-refractivity contribution in [3.63, 3.8) is 0 Å². The van der Waals surface area contributed by atoms with E-state index in [2.05, 4.69) is 23.7 Å². The van der Waals surface area contributed by atoms with Gasteiger partial charge in [-0.05, 0) is 38.2 Å². The predicted octanol–water partition coefficient (Wildman–Crippen LogP) is 2.24. The van der Waals surface area contributed by atoms with E-state index in [1.54, 1.807) is 11.9 Å². The van der Waals surface area contributed by atoms with Crippen LogP contribution >= 0.6 is 23.7 Å². The van der Waals surface area contributed by atoms with Crippen molar-refractivity contribution in [2.45, 2.75) is 27.3 Å². The van der Waals surface area contributed by atoms with Crippen molar-refractivity contribution in [3.8, 4) is 5.75 Å². The summed E-state index contributed by atoms with van der Waals surface area (Å²) in [5, 5.41) is 0.584. The number of rotatable bonds is 10. The molecule has 1 amide bonds. The first-order valence-corrected chi connectivity index (χ1v) is 12.8. The Hall–Kier alpha value is -3.22. The number of anilines is 1. The molecule has 1 aromatic carbocycles. The summed E-state index contributed by atoms with van der Waals surface area (Å²) < 4.78 is 10.4. The van der Waals surface area contributed by atoms with E-state index in [1.807, 2.05) is 25.1 Å². The summed E-state index contributed by atoms with van der Waals surface area (Å²) >= 11 is 1.43. The number of halogens is 1. The molecule has 0 aliphatic heterocycles. The fourth-order valence-corrected chi connectivity index (χ4v) is 5.16. The first-order chi connectivity index (χ1) is 17.3. The molecule has 3 aromatic heterocycles. The molecule has 0 fully saturated rings. The molecule has 0 bridgehead atoms. The molecule has 0 aliphatic carbocycles. The summed E-state index contributed by atoms with van der Waals surface area (Å²) in [6.07, 6.45) is 1.43. The molecule has 3 heterocycles. The molecule has 0 atom stereocenters. The maximum absolute atomic E-state index is 13.7. The zero-order chi connectivity index (χ0) is 26.0. The van der Waals surface area contributed by atoms with Gasteiger partial charge in [0.15, 0.2) is 16.3 Å². The maximum Gasteiger partial charge on any atom is 0.332 e. The lowest BCUT2D eigenvalue weighted by Crippen LogP contribution is -2.41. The normalized spacial score (nSPS) is 11.3. The maximum atomic E-state index is 13.7. The summed E-state index contributed by atoms with van der Waals surface area (Å²) in [5.74, 6) is 0.536. The van der Waals surface area contributed by atoms with Crippen molar-refractivity contribution >= 4 is 56.2 Å². The van der Waals surface area contributed by atoms with Crippen LogP contribution < -0.4 is 20.9 Å². The van der Waals surface area contributed by atoms with Crippen LogP contribution in [0.5, 0.6) is 5.75 Å². The first kappa shape index (κ1) is 28.4. The summed E-state index contributed by atoms with van der Waals surface area (Å²) in [7, 11) is 2.97. The van der Waals surface area contributed by atoms with Gasteiger partial charge in [0, 0.05) is 27.2 Å². The number of nitrogens with zero attached hydrogens (tertiary/aromatic N) is 7. The number of aryl methyl sites for hydroxylation is 1. The Bertz CT molecular complexity index is 1520. The van der Waals surface area contributed by atoms with Crippen LogP contribution in [-0.2, 0) is 25.4 Å². The number of imidazole rings is 1. The number of likely N-dealkylation sites (N-methyl/N-ethyl adjacent to an activating group) is 1. The molecule has 37 heavy (non-hydrogen) atoms. The number of carbonyl (C=O) groups excluding carboxylic acids is 1. The van der Waals surface area contributed by atoms with Crippen molar-refractivity contribution < 1.29 is 9.53 Å². The smallest absolute Gasteiger partial charge is 0.332 e. The molecule has 0 saturated carbocycles. The molecule has 0 spiro atoms. The van der Waals surface area contributed by atoms with Crippen LogP contribution in [0.2, 0.25) is 0 Å². The standard InChI is InChI=1S/C24H31N7O4S.ClH/c1-6-29(7-2)11-12-31(23-26-17-10-9-16(35-8-3)13-18(17)36-23)19(32)14-30-15-25-21-20(30)22(33)28(5)24(34)27(21)4;/h9-10,13,15H,6-8,11-12,14H2,1-5H3;1H. The average Bonchev–Trinajstić information content (AvgIpc) is 3.48. The number of hydrogen-bond acceptors (Lipinski definition) is 8. The molecule has 0 radical (unpaired) electrons. The van der Waals surface area contributed by atoms with Crippen LogP contribution in [0, 0.1) is 0 Å². The molecule has 11 nitrogen and oxygen atoms in total. The molecule has 0 aliphatic rings. The van der Waals surface area contributed by atoms with Gasteiger partial charge in [-0.15, -0.1) is 12.4 Å². The van der Waals surface area contributed by atoms with E-state index < -0.39 is 11.2 Å². The molecule has 4 rings (SSSR count). The van der Waals surface area contributed by atoms with Gasteiger partial charge in [0.1, 0.15) is 12.3 Å². The Labute approximate surface area is 224 Å². The number of thiazole rings is 1. The van der Waals surface area contributed by atoms with Gasteiger partial charge in [0.25, 0.3) is 5.56 Å². The van der Waals surface area contributed by atoms with E-state index in [4.69, 9.17) is 9.72 Å². The Kier molecular flexibility index (Phi) is 9.11. The Morgan fingerprint density at radius 2 is 1.81 bits per heavy atom. The second kappa shape index (κ2) is 11.9. The number of fused-ring (bicyclic) bond motifs is 2. The van der Waals surface area contributed by atoms with E-state index in [9.17, 15) is 14.4 Å². The van der Waals surface area contributed by atoms with E-state index >= 15 is 0 Å². The molecular weight excluding hydrogens is 518 g/mol. The third-order valence-corrected chi connectivity index (χ3v) is 7.29. The number of carbonyl (C=O) groups is 1. The highest BCUT2D eigenvalue weighted by atomic mass is 35.5. The molecule has 0 N–H and O–H groups in total. The predicted molar refractivity (Wildman–Crippen MR) is 148 cm³/mol. The number of ether oxygens (including phenoxy) is 1. The van der Waals surface area contributed by atoms with Gasteiger partial charge in [-0.1, -0.05) is 25.2 Å². The minimum Gasteiger partial charge on any atom is -0.494 e. The fourth-order valence-electron chi connectivity index (χ4n) is 4.12. The number of aromatic nitrogens is 5. The van der Waals surface area contributed by atoms with Gasteiger partial charge in [-0.2, -0.15) is 0 Å². The summed E-state index contributed by atoms with van der Waals surface area (Å²) in [5.41, 5.74) is 0.287. The Morgan fingerprint density at radius 1 is 1.08 bits per heavy atom. The highest BCUT2D eigenvalue weighted by Crippen LogP contribution is 2.32. The highest BCUT2D eigenvalue weighted by Gasteiger charge is 2.23. The van der Waals surface area contributed by atoms with E-state index in [-0.39, 0.29) is 36.0 Å². The molecule has 200 valence electrons. The number of amides is 1. The topological polar surface area (TPSA) is 107 Å². The molecule has 0 saturated heterocycles. The van der Waals surface area contributed by atoms with Crippen LogP contribution in [0.25, 0.3) is 21.4 Å². The SMILES string of the molecule is CCOc1ccc2nc(N(CCN(CC)CC)C(=O)Cn3cnc4c3c(=O)n(C)c(=O)n4C)sc2c1.Cl. The van der Waals surface area contributed by atoms with Gasteiger partial charge in [-0.25, -0.2) is 14.8 Å². The lowest BCUT2D eigenvalue weighted by Gasteiger charge is -2.25. The second-order valence-corrected chi connectivity index (χ2v) is 9.39. The first-order valence-electron chi connectivity index (χ1n) is 12.0. The largest absolute Gasteiger partial charge is 0.494 e. The molecule has 13 heteroatoms. The third kappa shape index (κ3) is 5.55. The van der Waals surface area contributed by atoms with E-state index in [1.165, 1.54) is 33.8 Å². The van der Waals surface area contributed by atoms with Crippen molar-refractivity contribution in [2.75, 3.05) is 37.7 Å². The zero-order valence-electron chi connectivity index (χ0n) is 21.6. The van der Waals surface area contributed by atoms with Crippen LogP contribution in [0.1, 0.15) is 20.8 Å². The quantitative estimate of drug-likeness (QED) is 0.298. The number of hydrogen-bond donors (Lipinski definition) is 0. The summed E-state index contributed by atoms with van der Waals surface area (Å²) in [6, 6.07) is 5.69. The minimum atomic E-state index is -0.489. The average molecular weight is 550 g/mol. The zero-order valence-corrected chi connectivity index (χ0v) is 23.3. The van der Waals surface area contributed by atoms with Crippen LogP contribution in [-0.4, -0.2) is 67.3 Å². The van der Waals surface area contributed by atoms with Crippen molar-refractivity contribution in [1.82, 2.24) is 28.6 Å². The molecular formula is C24H32ClN7O4S. The lowest BCUT2D eigenvalue weighted by atomic mass is 10.3. The van der Waals surface area contributed by atoms with Gasteiger partial charge in [-0.3, -0.25) is 23.6 Å². The second-order valence-electron chi connectivity index (χ2n) is 8.38. The van der Waals surface area contributed by atoms with Gasteiger partial charge < -0.3 is 14.2 Å². The Balaban J connectivity index is 0.00000380. The van der Waals surface area contributed by atoms with Crippen LogP contribution in [0.15, 0.2) is 34.1 Å². The van der Waals surface area contributed by atoms with E-state index in [0.717, 1.165) is 33.6 Å². The Morgan fingerprint density at radius 3 is 2.49 bits per heavy atom. The van der Waals surface area contributed by atoms with Crippen molar-refractivity contribution in [3.05, 3.63) is 45.4 Å². The highest BCUT2D eigenvalue weighted by molar-refractivity contribution is 7.22. The van der Waals surface area contributed by atoms with Gasteiger partial charge >= 0.3 is 5.69 Å². The minimum absolute atomic E-state index is 0. The van der Waals surface area contributed by atoms with Gasteiger partial charge in [0.05, 0.1) is 23.2 Å². The van der Waals surface area contributed by atoms with Gasteiger partial charge in [0.2, 0.25) is 5.91 Å². The molecule has 0 unspecified atom stereocenters. The van der Waals surface area contributed by atoms with Crippen LogP contribution in [0.3, 0.4) is 0 Å². The lowest BCUT2D eigenvalue weighted by molar-refractivity contribution is -0.119. The van der Waals surface area contributed by atoms with Crippen molar-refractivity contribution in [1.29, 1.82) is 0 Å². The van der Waals surface area contributed by atoms with Crippen molar-refractivity contribution in [2.24, 2.45) is 14.1 Å². The summed E-state index contributed by atoms with van der Waals surface area (Å²) in [4.78, 5) is 51.6. The third-order valence-electron chi connectivity index (χ3n) is 6.25. The fraction of sp³-hybridized carbons (Fsp3) is 0.458. The van der Waals surface area contributed by atoms with E-state index in [0.29, 0.717) is 24.8 Å². The monoisotopic (exact) mass is 549 g/mol. The summed E-state index contributed by atoms with van der Waals surface area (Å²) in [6.45, 7) is 9.42. The molecule has 4 aromatic rings.